The Morgan fingerprint density at radius 2 is 2.43 bits per heavy atom. The number of carbonyl (C=O) groups is 1. The molecular formula is C15H19N3O2S. The Hall–Kier alpha value is -1.66. The Labute approximate surface area is 127 Å². The topological polar surface area (TPSA) is 65.5 Å². The number of thiazole rings is 1. The zero-order valence-corrected chi connectivity index (χ0v) is 12.8. The molecule has 3 rings (SSSR count). The standard InChI is InChI=1S/C15H19N3O2S/c1-2-10-5-6-12-13(8-10)21-14(16-12)17-15(20)18-7-3-4-11(18)9-19/h5-6,8,11,19H,2-4,7,9H2,1H3,(H,16,17,20)/t11-/m1/s1. The fraction of sp³-hybridized carbons (Fsp3) is 0.467. The lowest BCUT2D eigenvalue weighted by Gasteiger charge is -2.22. The van der Waals surface area contributed by atoms with Gasteiger partial charge in [-0.1, -0.05) is 24.3 Å². The van der Waals surface area contributed by atoms with Crippen LogP contribution in [0.4, 0.5) is 9.93 Å². The van der Waals surface area contributed by atoms with E-state index in [1.165, 1.54) is 16.9 Å². The molecule has 1 aromatic carbocycles. The molecule has 1 fully saturated rings. The summed E-state index contributed by atoms with van der Waals surface area (Å²) in [5, 5.41) is 12.8. The summed E-state index contributed by atoms with van der Waals surface area (Å²) < 4.78 is 1.09. The number of likely N-dealkylation sites (tertiary alicyclic amines) is 1. The predicted octanol–water partition coefficient (Wildman–Crippen LogP) is 2.85. The monoisotopic (exact) mass is 305 g/mol. The second kappa shape index (κ2) is 5.99. The molecule has 1 atom stereocenters. The molecule has 2 N–H and O–H groups in total. The van der Waals surface area contributed by atoms with Crippen molar-refractivity contribution in [2.24, 2.45) is 0 Å². The van der Waals surface area contributed by atoms with Gasteiger partial charge in [-0.25, -0.2) is 9.78 Å². The molecular weight excluding hydrogens is 286 g/mol. The van der Waals surface area contributed by atoms with Crippen LogP contribution in [-0.2, 0) is 6.42 Å². The van der Waals surface area contributed by atoms with E-state index in [1.54, 1.807) is 4.90 Å². The highest BCUT2D eigenvalue weighted by atomic mass is 32.1. The molecule has 112 valence electrons. The first-order chi connectivity index (χ1) is 10.2. The highest BCUT2D eigenvalue weighted by Crippen LogP contribution is 2.28. The zero-order valence-electron chi connectivity index (χ0n) is 12.0. The Morgan fingerprint density at radius 3 is 3.19 bits per heavy atom. The van der Waals surface area contributed by atoms with Crippen molar-refractivity contribution >= 4 is 32.7 Å². The minimum absolute atomic E-state index is 0.0210. The van der Waals surface area contributed by atoms with Crippen LogP contribution in [0.3, 0.4) is 0 Å². The van der Waals surface area contributed by atoms with E-state index in [0.29, 0.717) is 11.7 Å². The molecule has 0 spiro atoms. The zero-order chi connectivity index (χ0) is 14.8. The molecule has 1 saturated heterocycles. The molecule has 21 heavy (non-hydrogen) atoms. The molecule has 1 aliphatic rings. The third kappa shape index (κ3) is 2.87. The summed E-state index contributed by atoms with van der Waals surface area (Å²) in [6.07, 6.45) is 2.80. The van der Waals surface area contributed by atoms with Crippen molar-refractivity contribution in [2.75, 3.05) is 18.5 Å². The van der Waals surface area contributed by atoms with E-state index in [4.69, 9.17) is 0 Å². The fourth-order valence-corrected chi connectivity index (χ4v) is 3.62. The van der Waals surface area contributed by atoms with Crippen LogP contribution >= 0.6 is 11.3 Å². The molecule has 1 aliphatic heterocycles. The van der Waals surface area contributed by atoms with Crippen LogP contribution in [0.15, 0.2) is 18.2 Å². The number of aromatic nitrogens is 1. The van der Waals surface area contributed by atoms with Crippen molar-refractivity contribution in [2.45, 2.75) is 32.2 Å². The van der Waals surface area contributed by atoms with Crippen LogP contribution in [0, 0.1) is 0 Å². The largest absolute Gasteiger partial charge is 0.394 e. The number of carbonyl (C=O) groups excluding carboxylic acids is 1. The number of hydrogen-bond acceptors (Lipinski definition) is 4. The number of rotatable bonds is 3. The predicted molar refractivity (Wildman–Crippen MR) is 84.8 cm³/mol. The van der Waals surface area contributed by atoms with Crippen LogP contribution in [-0.4, -0.2) is 40.2 Å². The van der Waals surface area contributed by atoms with E-state index in [1.807, 2.05) is 6.07 Å². The van der Waals surface area contributed by atoms with E-state index >= 15 is 0 Å². The molecule has 0 bridgehead atoms. The first kappa shape index (κ1) is 14.3. The van der Waals surface area contributed by atoms with Crippen molar-refractivity contribution < 1.29 is 9.90 Å². The summed E-state index contributed by atoms with van der Waals surface area (Å²) in [4.78, 5) is 18.4. The van der Waals surface area contributed by atoms with Crippen molar-refractivity contribution in [3.8, 4) is 0 Å². The van der Waals surface area contributed by atoms with Crippen LogP contribution in [0.2, 0.25) is 0 Å². The van der Waals surface area contributed by atoms with Gasteiger partial charge in [0.25, 0.3) is 0 Å². The molecule has 0 radical (unpaired) electrons. The molecule has 6 heteroatoms. The van der Waals surface area contributed by atoms with Gasteiger partial charge in [-0.2, -0.15) is 0 Å². The lowest BCUT2D eigenvalue weighted by Crippen LogP contribution is -2.40. The second-order valence-corrected chi connectivity index (χ2v) is 6.31. The molecule has 0 unspecified atom stereocenters. The van der Waals surface area contributed by atoms with Gasteiger partial charge in [0.2, 0.25) is 0 Å². The van der Waals surface area contributed by atoms with Crippen LogP contribution < -0.4 is 5.32 Å². The quantitative estimate of drug-likeness (QED) is 0.916. The maximum Gasteiger partial charge on any atom is 0.323 e. The number of amides is 2. The summed E-state index contributed by atoms with van der Waals surface area (Å²) >= 11 is 1.49. The number of nitrogens with zero attached hydrogens (tertiary/aromatic N) is 2. The highest BCUT2D eigenvalue weighted by Gasteiger charge is 2.28. The first-order valence-electron chi connectivity index (χ1n) is 7.29. The Balaban J connectivity index is 1.76. The van der Waals surface area contributed by atoms with Crippen molar-refractivity contribution in [3.63, 3.8) is 0 Å². The maximum absolute atomic E-state index is 12.3. The number of hydrogen-bond donors (Lipinski definition) is 2. The van der Waals surface area contributed by atoms with Gasteiger partial charge < -0.3 is 10.0 Å². The summed E-state index contributed by atoms with van der Waals surface area (Å²) in [6, 6.07) is 5.95. The number of fused-ring (bicyclic) bond motifs is 1. The number of benzene rings is 1. The lowest BCUT2D eigenvalue weighted by atomic mass is 10.2. The molecule has 0 aliphatic carbocycles. The van der Waals surface area contributed by atoms with Crippen molar-refractivity contribution in [1.82, 2.24) is 9.88 Å². The molecule has 0 saturated carbocycles. The summed E-state index contributed by atoms with van der Waals surface area (Å²) in [5.41, 5.74) is 2.18. The van der Waals surface area contributed by atoms with Gasteiger partial charge in [-0.05, 0) is 37.0 Å². The minimum atomic E-state index is -0.165. The van der Waals surface area contributed by atoms with E-state index < -0.39 is 0 Å². The number of aliphatic hydroxyl groups is 1. The van der Waals surface area contributed by atoms with Gasteiger partial charge in [-0.3, -0.25) is 5.32 Å². The van der Waals surface area contributed by atoms with Gasteiger partial charge in [-0.15, -0.1) is 0 Å². The van der Waals surface area contributed by atoms with E-state index in [0.717, 1.165) is 29.5 Å². The molecule has 1 aromatic heterocycles. The Bertz CT molecular complexity index is 655. The SMILES string of the molecule is CCc1ccc2nc(NC(=O)N3CCC[C@@H]3CO)sc2c1. The number of aliphatic hydroxyl groups excluding tert-OH is 1. The van der Waals surface area contributed by atoms with Crippen molar-refractivity contribution in [3.05, 3.63) is 23.8 Å². The normalized spacial score (nSPS) is 18.4. The minimum Gasteiger partial charge on any atom is -0.394 e. The average molecular weight is 305 g/mol. The average Bonchev–Trinajstić information content (AvgIpc) is 3.11. The number of aryl methyl sites for hydroxylation is 1. The number of anilines is 1. The van der Waals surface area contributed by atoms with Crippen molar-refractivity contribution in [1.29, 1.82) is 0 Å². The molecule has 2 heterocycles. The van der Waals surface area contributed by atoms with Gasteiger partial charge in [0.1, 0.15) is 0 Å². The highest BCUT2D eigenvalue weighted by molar-refractivity contribution is 7.22. The van der Waals surface area contributed by atoms with Gasteiger partial charge in [0.05, 0.1) is 22.9 Å². The number of nitrogens with one attached hydrogen (secondary N) is 1. The molecule has 5 nitrogen and oxygen atoms in total. The number of urea groups is 1. The van der Waals surface area contributed by atoms with Crippen LogP contribution in [0.25, 0.3) is 10.2 Å². The second-order valence-electron chi connectivity index (χ2n) is 5.28. The Morgan fingerprint density at radius 1 is 1.57 bits per heavy atom. The van der Waals surface area contributed by atoms with Crippen LogP contribution in [0.1, 0.15) is 25.3 Å². The fourth-order valence-electron chi connectivity index (χ4n) is 2.70. The summed E-state index contributed by atoms with van der Waals surface area (Å²) in [5.74, 6) is 0. The van der Waals surface area contributed by atoms with Gasteiger partial charge in [0.15, 0.2) is 5.13 Å². The smallest absolute Gasteiger partial charge is 0.323 e. The van der Waals surface area contributed by atoms with Gasteiger partial charge >= 0.3 is 6.03 Å². The van der Waals surface area contributed by atoms with E-state index in [9.17, 15) is 9.90 Å². The lowest BCUT2D eigenvalue weighted by molar-refractivity contribution is 0.166. The Kier molecular flexibility index (Phi) is 4.07. The van der Waals surface area contributed by atoms with E-state index in [-0.39, 0.29) is 18.7 Å². The summed E-state index contributed by atoms with van der Waals surface area (Å²) in [7, 11) is 0. The third-order valence-corrected chi connectivity index (χ3v) is 4.86. The molecule has 2 amide bonds. The first-order valence-corrected chi connectivity index (χ1v) is 8.11. The van der Waals surface area contributed by atoms with E-state index in [2.05, 4.69) is 29.4 Å². The molecule has 2 aromatic rings. The van der Waals surface area contributed by atoms with Gasteiger partial charge in [0, 0.05) is 6.54 Å². The third-order valence-electron chi connectivity index (χ3n) is 3.92. The van der Waals surface area contributed by atoms with Crippen LogP contribution in [0.5, 0.6) is 0 Å². The maximum atomic E-state index is 12.3. The summed E-state index contributed by atoms with van der Waals surface area (Å²) in [6.45, 7) is 2.84.